The van der Waals surface area contributed by atoms with E-state index in [1.165, 1.54) is 7.11 Å². The van der Waals surface area contributed by atoms with Gasteiger partial charge in [0.1, 0.15) is 6.61 Å². The standard InChI is InChI=1S/C20H14BrNO4S/c1-3-9-26-18-15(21)10-13(11-16(18)25-2)12-17-19(23)22(20(24)27-17)14-7-5-4-6-8-14/h1,4-8,10-12H,9H2,2H3. The monoisotopic (exact) mass is 443 g/mol. The molecular weight excluding hydrogens is 430 g/mol. The molecule has 1 heterocycles. The van der Waals surface area contributed by atoms with Crippen LogP contribution < -0.4 is 14.4 Å². The molecule has 1 aliphatic heterocycles. The van der Waals surface area contributed by atoms with Gasteiger partial charge in [-0.15, -0.1) is 6.42 Å². The quantitative estimate of drug-likeness (QED) is 0.494. The van der Waals surface area contributed by atoms with Gasteiger partial charge < -0.3 is 9.47 Å². The van der Waals surface area contributed by atoms with Crippen LogP contribution in [0.1, 0.15) is 5.56 Å². The fourth-order valence-corrected chi connectivity index (χ4v) is 3.91. The van der Waals surface area contributed by atoms with Crippen LogP contribution in [0.4, 0.5) is 10.5 Å². The van der Waals surface area contributed by atoms with E-state index < -0.39 is 0 Å². The second kappa shape index (κ2) is 8.33. The lowest BCUT2D eigenvalue weighted by Gasteiger charge is -2.12. The number of terminal acetylenes is 1. The lowest BCUT2D eigenvalue weighted by molar-refractivity contribution is -0.113. The SMILES string of the molecule is C#CCOc1c(Br)cc(C=C2SC(=O)N(c3ccccc3)C2=O)cc1OC. The molecule has 27 heavy (non-hydrogen) atoms. The number of methoxy groups -OCH3 is 1. The van der Waals surface area contributed by atoms with Crippen molar-refractivity contribution in [2.45, 2.75) is 0 Å². The average molecular weight is 444 g/mol. The second-order valence-corrected chi connectivity index (χ2v) is 7.23. The maximum absolute atomic E-state index is 12.7. The number of hydrogen-bond acceptors (Lipinski definition) is 5. The summed E-state index contributed by atoms with van der Waals surface area (Å²) in [5.41, 5.74) is 1.23. The van der Waals surface area contributed by atoms with E-state index in [-0.39, 0.29) is 17.8 Å². The fraction of sp³-hybridized carbons (Fsp3) is 0.100. The average Bonchev–Trinajstić information content (AvgIpc) is 2.94. The predicted octanol–water partition coefficient (Wildman–Crippen LogP) is 4.71. The highest BCUT2D eigenvalue weighted by Crippen LogP contribution is 2.39. The summed E-state index contributed by atoms with van der Waals surface area (Å²) in [6, 6.07) is 12.3. The Balaban J connectivity index is 1.93. The van der Waals surface area contributed by atoms with Crippen molar-refractivity contribution >= 4 is 50.6 Å². The van der Waals surface area contributed by atoms with E-state index in [1.807, 2.05) is 6.07 Å². The first-order valence-corrected chi connectivity index (χ1v) is 9.43. The van der Waals surface area contributed by atoms with Crippen molar-refractivity contribution in [1.29, 1.82) is 0 Å². The Kier molecular flexibility index (Phi) is 5.89. The molecule has 0 aliphatic carbocycles. The van der Waals surface area contributed by atoms with Gasteiger partial charge in [0, 0.05) is 0 Å². The molecular formula is C20H14BrNO4S. The first-order chi connectivity index (χ1) is 13.0. The molecule has 0 N–H and O–H groups in total. The zero-order valence-electron chi connectivity index (χ0n) is 14.3. The number of nitrogens with zero attached hydrogens (tertiary/aromatic N) is 1. The molecule has 2 amide bonds. The van der Waals surface area contributed by atoms with Crippen molar-refractivity contribution in [2.24, 2.45) is 0 Å². The van der Waals surface area contributed by atoms with Gasteiger partial charge in [-0.2, -0.15) is 0 Å². The van der Waals surface area contributed by atoms with Gasteiger partial charge in [-0.1, -0.05) is 24.1 Å². The zero-order chi connectivity index (χ0) is 19.4. The largest absolute Gasteiger partial charge is 0.493 e. The smallest absolute Gasteiger partial charge is 0.298 e. The summed E-state index contributed by atoms with van der Waals surface area (Å²) in [4.78, 5) is 26.5. The Morgan fingerprint density at radius 2 is 2.00 bits per heavy atom. The predicted molar refractivity (Wildman–Crippen MR) is 110 cm³/mol. The highest BCUT2D eigenvalue weighted by atomic mass is 79.9. The number of rotatable bonds is 5. The molecule has 0 radical (unpaired) electrons. The number of thioether (sulfide) groups is 1. The summed E-state index contributed by atoms with van der Waals surface area (Å²) in [6.07, 6.45) is 6.87. The van der Waals surface area contributed by atoms with E-state index in [9.17, 15) is 9.59 Å². The van der Waals surface area contributed by atoms with Gasteiger partial charge in [-0.25, -0.2) is 4.90 Å². The molecule has 2 aromatic carbocycles. The van der Waals surface area contributed by atoms with Crippen LogP contribution in [0.3, 0.4) is 0 Å². The third-order valence-corrected chi connectivity index (χ3v) is 5.12. The van der Waals surface area contributed by atoms with Gasteiger partial charge >= 0.3 is 0 Å². The maximum atomic E-state index is 12.7. The Morgan fingerprint density at radius 3 is 2.67 bits per heavy atom. The fourth-order valence-electron chi connectivity index (χ4n) is 2.50. The first kappa shape index (κ1) is 19.1. The number of halogens is 1. The first-order valence-electron chi connectivity index (χ1n) is 7.82. The molecule has 0 bridgehead atoms. The number of benzene rings is 2. The number of carbonyl (C=O) groups is 2. The van der Waals surface area contributed by atoms with Crippen molar-refractivity contribution < 1.29 is 19.1 Å². The van der Waals surface area contributed by atoms with Crippen LogP contribution in [0, 0.1) is 12.3 Å². The summed E-state index contributed by atoms with van der Waals surface area (Å²) < 4.78 is 11.5. The molecule has 0 aromatic heterocycles. The van der Waals surface area contributed by atoms with Crippen molar-refractivity contribution in [3.05, 3.63) is 57.4 Å². The van der Waals surface area contributed by atoms with Crippen LogP contribution in [-0.2, 0) is 4.79 Å². The third kappa shape index (κ3) is 4.02. The number of para-hydroxylation sites is 1. The molecule has 3 rings (SSSR count). The van der Waals surface area contributed by atoms with Crippen LogP contribution in [0.5, 0.6) is 11.5 Å². The van der Waals surface area contributed by atoms with Crippen LogP contribution in [0.25, 0.3) is 6.08 Å². The van der Waals surface area contributed by atoms with Crippen molar-refractivity contribution in [1.82, 2.24) is 0 Å². The number of ether oxygens (including phenoxy) is 2. The minimum atomic E-state index is -0.362. The Morgan fingerprint density at radius 1 is 1.26 bits per heavy atom. The summed E-state index contributed by atoms with van der Waals surface area (Å²) in [5.74, 6) is 2.98. The topological polar surface area (TPSA) is 55.8 Å². The Hall–Kier alpha value is -2.69. The Bertz CT molecular complexity index is 966. The maximum Gasteiger partial charge on any atom is 0.298 e. The van der Waals surface area contributed by atoms with E-state index in [1.54, 1.807) is 42.5 Å². The van der Waals surface area contributed by atoms with E-state index in [0.29, 0.717) is 32.1 Å². The number of imide groups is 1. The summed E-state index contributed by atoms with van der Waals surface area (Å²) in [5, 5.41) is -0.336. The highest BCUT2D eigenvalue weighted by molar-refractivity contribution is 9.10. The second-order valence-electron chi connectivity index (χ2n) is 5.38. The van der Waals surface area contributed by atoms with Crippen LogP contribution in [0.2, 0.25) is 0 Å². The molecule has 5 nitrogen and oxygen atoms in total. The summed E-state index contributed by atoms with van der Waals surface area (Å²) >= 11 is 4.32. The molecule has 136 valence electrons. The summed E-state index contributed by atoms with van der Waals surface area (Å²) in [6.45, 7) is 0.101. The molecule has 0 spiro atoms. The highest BCUT2D eigenvalue weighted by Gasteiger charge is 2.36. The number of anilines is 1. The van der Waals surface area contributed by atoms with Crippen molar-refractivity contribution in [3.63, 3.8) is 0 Å². The van der Waals surface area contributed by atoms with Crippen LogP contribution in [0.15, 0.2) is 51.8 Å². The summed E-state index contributed by atoms with van der Waals surface area (Å²) in [7, 11) is 1.51. The van der Waals surface area contributed by atoms with Crippen LogP contribution >= 0.6 is 27.7 Å². The molecule has 1 aliphatic rings. The van der Waals surface area contributed by atoms with Gasteiger partial charge in [0.25, 0.3) is 11.1 Å². The molecule has 1 saturated heterocycles. The molecule has 0 unspecified atom stereocenters. The van der Waals surface area contributed by atoms with Gasteiger partial charge in [0.2, 0.25) is 0 Å². The Labute approximate surface area is 169 Å². The lowest BCUT2D eigenvalue weighted by Crippen LogP contribution is -2.27. The minimum Gasteiger partial charge on any atom is -0.493 e. The third-order valence-electron chi connectivity index (χ3n) is 3.66. The van der Waals surface area contributed by atoms with Gasteiger partial charge in [-0.3, -0.25) is 9.59 Å². The number of carbonyl (C=O) groups excluding carboxylic acids is 2. The molecule has 2 aromatic rings. The number of amides is 2. The van der Waals surface area contributed by atoms with Crippen LogP contribution in [-0.4, -0.2) is 24.9 Å². The molecule has 0 saturated carbocycles. The van der Waals surface area contributed by atoms with E-state index in [2.05, 4.69) is 21.9 Å². The minimum absolute atomic E-state index is 0.101. The van der Waals surface area contributed by atoms with Gasteiger partial charge in [-0.05, 0) is 63.6 Å². The van der Waals surface area contributed by atoms with Crippen molar-refractivity contribution in [3.8, 4) is 23.8 Å². The number of hydrogen-bond donors (Lipinski definition) is 0. The van der Waals surface area contributed by atoms with Crippen molar-refractivity contribution in [2.75, 3.05) is 18.6 Å². The van der Waals surface area contributed by atoms with Gasteiger partial charge in [0.15, 0.2) is 11.5 Å². The van der Waals surface area contributed by atoms with E-state index in [4.69, 9.17) is 15.9 Å². The normalized spacial score (nSPS) is 15.1. The van der Waals surface area contributed by atoms with E-state index in [0.717, 1.165) is 16.7 Å². The van der Waals surface area contributed by atoms with Gasteiger partial charge in [0.05, 0.1) is 22.2 Å². The molecule has 0 atom stereocenters. The zero-order valence-corrected chi connectivity index (χ0v) is 16.7. The lowest BCUT2D eigenvalue weighted by atomic mass is 10.1. The molecule has 7 heteroatoms. The molecule has 1 fully saturated rings. The van der Waals surface area contributed by atoms with E-state index >= 15 is 0 Å².